The number of ether oxygens (including phenoxy) is 1. The van der Waals surface area contributed by atoms with E-state index >= 15 is 0 Å². The van der Waals surface area contributed by atoms with Crippen molar-refractivity contribution in [2.24, 2.45) is 0 Å². The third-order valence-corrected chi connectivity index (χ3v) is 7.21. The molecule has 2 heterocycles. The van der Waals surface area contributed by atoms with Gasteiger partial charge in [0.1, 0.15) is 5.75 Å². The van der Waals surface area contributed by atoms with Gasteiger partial charge >= 0.3 is 0 Å². The number of nitrogens with zero attached hydrogens (tertiary/aromatic N) is 1. The maximum absolute atomic E-state index is 12.6. The number of aliphatic hydroxyl groups is 3. The van der Waals surface area contributed by atoms with E-state index in [2.05, 4.69) is 4.98 Å². The molecule has 1 fully saturated rings. The van der Waals surface area contributed by atoms with Crippen molar-refractivity contribution in [3.8, 4) is 16.9 Å². The monoisotopic (exact) mass is 479 g/mol. The van der Waals surface area contributed by atoms with Gasteiger partial charge in [-0.05, 0) is 44.5 Å². The Bertz CT molecular complexity index is 1100. The van der Waals surface area contributed by atoms with E-state index in [0.717, 1.165) is 32.5 Å². The summed E-state index contributed by atoms with van der Waals surface area (Å²) in [4.78, 5) is 41.3. The molecular formula is C22H22ClNO7S. The van der Waals surface area contributed by atoms with Crippen LogP contribution in [0.15, 0.2) is 42.7 Å². The van der Waals surface area contributed by atoms with Crippen LogP contribution in [-0.2, 0) is 14.4 Å². The van der Waals surface area contributed by atoms with Gasteiger partial charge in [-0.15, -0.1) is 11.8 Å². The zero-order chi connectivity index (χ0) is 23.9. The van der Waals surface area contributed by atoms with Crippen LogP contribution in [0.3, 0.4) is 0 Å². The summed E-state index contributed by atoms with van der Waals surface area (Å²) in [5, 5.41) is 33.9. The van der Waals surface area contributed by atoms with Crippen molar-refractivity contribution in [1.29, 1.82) is 0 Å². The Hall–Kier alpha value is -2.30. The third-order valence-electron chi connectivity index (χ3n) is 5.68. The number of halogens is 1. The molecule has 8 nitrogen and oxygen atoms in total. The second kappa shape index (κ2) is 8.57. The van der Waals surface area contributed by atoms with Crippen LogP contribution in [0.25, 0.3) is 11.1 Å². The average molecular weight is 480 g/mol. The van der Waals surface area contributed by atoms with Crippen molar-refractivity contribution < 1.29 is 34.4 Å². The van der Waals surface area contributed by atoms with Gasteiger partial charge < -0.3 is 20.1 Å². The Balaban J connectivity index is 2.05. The third kappa shape index (κ3) is 3.64. The largest absolute Gasteiger partial charge is 0.476 e. The molecule has 1 saturated heterocycles. The summed E-state index contributed by atoms with van der Waals surface area (Å²) < 4.78 is 5.85. The molecule has 170 valence electrons. The minimum atomic E-state index is -3.11. The zero-order valence-corrected chi connectivity index (χ0v) is 19.1. The molecule has 0 bridgehead atoms. The number of carbonyl (C=O) groups is 3. The number of carbonyl (C=O) groups excluding carboxylic acids is 3. The van der Waals surface area contributed by atoms with Crippen LogP contribution in [0.1, 0.15) is 20.8 Å². The lowest BCUT2D eigenvalue weighted by molar-refractivity contribution is -0.235. The van der Waals surface area contributed by atoms with Gasteiger partial charge in [-0.3, -0.25) is 19.4 Å². The van der Waals surface area contributed by atoms with Crippen molar-refractivity contribution in [3.05, 3.63) is 47.7 Å². The van der Waals surface area contributed by atoms with Gasteiger partial charge in [-0.1, -0.05) is 23.7 Å². The molecule has 1 aliphatic rings. The summed E-state index contributed by atoms with van der Waals surface area (Å²) in [7, 11) is 0. The summed E-state index contributed by atoms with van der Waals surface area (Å²) in [6.45, 7) is 2.81. The number of thioether (sulfide) groups is 1. The minimum absolute atomic E-state index is 0.207. The van der Waals surface area contributed by atoms with Crippen LogP contribution in [0.2, 0.25) is 5.02 Å². The fourth-order valence-electron chi connectivity index (χ4n) is 3.81. The Morgan fingerprint density at radius 3 is 2.28 bits per heavy atom. The van der Waals surface area contributed by atoms with Crippen LogP contribution in [0.5, 0.6) is 5.75 Å². The van der Waals surface area contributed by atoms with Crippen LogP contribution >= 0.6 is 23.4 Å². The van der Waals surface area contributed by atoms with E-state index in [9.17, 15) is 29.7 Å². The second-order valence-corrected chi connectivity index (χ2v) is 9.17. The number of Topliss-reactive ketones (excluding diaryl/α,β-unsaturated/α-hetero) is 3. The van der Waals surface area contributed by atoms with E-state index in [1.807, 2.05) is 0 Å². The van der Waals surface area contributed by atoms with Gasteiger partial charge in [0, 0.05) is 23.7 Å². The van der Waals surface area contributed by atoms with Gasteiger partial charge in [0.2, 0.25) is 5.60 Å². The first-order valence-electron chi connectivity index (χ1n) is 9.57. The number of hydrogen-bond acceptors (Lipinski definition) is 9. The number of pyridine rings is 1. The molecule has 32 heavy (non-hydrogen) atoms. The van der Waals surface area contributed by atoms with Gasteiger partial charge in [0.05, 0.1) is 5.02 Å². The van der Waals surface area contributed by atoms with Gasteiger partial charge in [0.15, 0.2) is 34.0 Å². The molecule has 0 saturated carbocycles. The first kappa shape index (κ1) is 24.3. The molecule has 0 spiro atoms. The maximum Gasteiger partial charge on any atom is 0.208 e. The van der Waals surface area contributed by atoms with Crippen molar-refractivity contribution in [1.82, 2.24) is 4.98 Å². The minimum Gasteiger partial charge on any atom is -0.476 e. The Labute approximate surface area is 193 Å². The van der Waals surface area contributed by atoms with Crippen molar-refractivity contribution >= 4 is 40.7 Å². The number of rotatable bonds is 6. The Morgan fingerprint density at radius 2 is 1.72 bits per heavy atom. The fourth-order valence-corrected chi connectivity index (χ4v) is 5.54. The van der Waals surface area contributed by atoms with Crippen LogP contribution in [-0.4, -0.2) is 65.6 Å². The van der Waals surface area contributed by atoms with E-state index < -0.39 is 45.3 Å². The van der Waals surface area contributed by atoms with E-state index in [0.29, 0.717) is 16.1 Å². The highest BCUT2D eigenvalue weighted by molar-refractivity contribution is 8.00. The standard InChI is InChI=1S/C22H22ClNO7S/c1-12(25)20(28)11-32-19(21(29,13(2)26)22(20,30)14(3)27)31-18-6-4-5-15(8-18)16-7-17(23)10-24-9-16/h4-10,19,28-30H,11H2,1-3H3/t19-,20-,21-,22-/m0/s1. The molecule has 10 heteroatoms. The summed E-state index contributed by atoms with van der Waals surface area (Å²) in [5.41, 5.74) is -8.84. The molecular weight excluding hydrogens is 458 g/mol. The molecule has 3 N–H and O–H groups in total. The first-order chi connectivity index (χ1) is 14.9. The fraction of sp³-hybridized carbons (Fsp3) is 0.364. The Kier molecular flexibility index (Phi) is 6.52. The van der Waals surface area contributed by atoms with Crippen LogP contribution in [0.4, 0.5) is 0 Å². The first-order valence-corrected chi connectivity index (χ1v) is 11.0. The quantitative estimate of drug-likeness (QED) is 0.567. The van der Waals surface area contributed by atoms with Crippen molar-refractivity contribution in [2.75, 3.05) is 5.75 Å². The predicted octanol–water partition coefficient (Wildman–Crippen LogP) is 1.81. The lowest BCUT2D eigenvalue weighted by atomic mass is 9.65. The highest BCUT2D eigenvalue weighted by Crippen LogP contribution is 2.49. The topological polar surface area (TPSA) is 134 Å². The van der Waals surface area contributed by atoms with Crippen molar-refractivity contribution in [2.45, 2.75) is 43.0 Å². The molecule has 0 aliphatic carbocycles. The normalized spacial score (nSPS) is 29.9. The molecule has 2 aromatic rings. The average Bonchev–Trinajstić information content (AvgIpc) is 2.74. The molecule has 4 atom stereocenters. The van der Waals surface area contributed by atoms with Crippen LogP contribution in [0, 0.1) is 0 Å². The number of benzene rings is 1. The molecule has 0 radical (unpaired) electrons. The van der Waals surface area contributed by atoms with Gasteiger partial charge in [-0.2, -0.15) is 0 Å². The van der Waals surface area contributed by atoms with E-state index in [1.54, 1.807) is 36.5 Å². The summed E-state index contributed by atoms with van der Waals surface area (Å²) in [5.74, 6) is -3.41. The molecule has 1 aromatic heterocycles. The number of aromatic nitrogens is 1. The molecule has 3 rings (SSSR count). The zero-order valence-electron chi connectivity index (χ0n) is 17.5. The summed E-state index contributed by atoms with van der Waals surface area (Å²) in [6, 6.07) is 8.28. The molecule has 0 unspecified atom stereocenters. The van der Waals surface area contributed by atoms with E-state index in [4.69, 9.17) is 16.3 Å². The molecule has 1 aliphatic heterocycles. The van der Waals surface area contributed by atoms with Crippen LogP contribution < -0.4 is 4.74 Å². The van der Waals surface area contributed by atoms with Crippen molar-refractivity contribution in [3.63, 3.8) is 0 Å². The SMILES string of the molecule is CC(=O)[C@]1(O)[C@@](O)(C(C)=O)CS[C@H](Oc2cccc(-c3cncc(Cl)c3)c2)[C@@]1(O)C(C)=O. The molecule has 1 aromatic carbocycles. The Morgan fingerprint density at radius 1 is 1.03 bits per heavy atom. The van der Waals surface area contributed by atoms with Gasteiger partial charge in [0.25, 0.3) is 0 Å². The van der Waals surface area contributed by atoms with E-state index in [-0.39, 0.29) is 5.75 Å². The summed E-state index contributed by atoms with van der Waals surface area (Å²) >= 11 is 6.74. The second-order valence-electron chi connectivity index (χ2n) is 7.69. The highest BCUT2D eigenvalue weighted by atomic mass is 35.5. The molecule has 0 amide bonds. The summed E-state index contributed by atoms with van der Waals surface area (Å²) in [6.07, 6.45) is 3.07. The smallest absolute Gasteiger partial charge is 0.208 e. The number of hydrogen-bond donors (Lipinski definition) is 3. The predicted molar refractivity (Wildman–Crippen MR) is 118 cm³/mol. The van der Waals surface area contributed by atoms with Gasteiger partial charge in [-0.25, -0.2) is 0 Å². The number of ketones is 3. The van der Waals surface area contributed by atoms with E-state index in [1.165, 1.54) is 6.20 Å². The lowest BCUT2D eigenvalue weighted by Gasteiger charge is -2.54. The highest BCUT2D eigenvalue weighted by Gasteiger charge is 2.75. The lowest BCUT2D eigenvalue weighted by Crippen LogP contribution is -2.82. The maximum atomic E-state index is 12.6.